The van der Waals surface area contributed by atoms with E-state index in [0.717, 1.165) is 6.07 Å². The van der Waals surface area contributed by atoms with Crippen LogP contribution in [-0.4, -0.2) is 27.7 Å². The maximum absolute atomic E-state index is 11.2. The number of aromatic hydroxyl groups is 1. The van der Waals surface area contributed by atoms with Gasteiger partial charge in [-0.25, -0.2) is 0 Å². The van der Waals surface area contributed by atoms with E-state index in [4.69, 9.17) is 0 Å². The number of phenols is 1. The molecule has 0 spiro atoms. The van der Waals surface area contributed by atoms with Gasteiger partial charge in [0, 0.05) is 18.2 Å². The largest absolute Gasteiger partial charge is 0.507 e. The highest BCUT2D eigenvalue weighted by Crippen LogP contribution is 2.32. The normalized spacial score (nSPS) is 10.7. The highest BCUT2D eigenvalue weighted by atomic mass is 16.6. The smallest absolute Gasteiger partial charge is 0.301 e. The summed E-state index contributed by atoms with van der Waals surface area (Å²) in [5.41, 5.74) is -0.216. The molecule has 0 aliphatic heterocycles. The molecule has 124 valence electrons. The maximum Gasteiger partial charge on any atom is 0.301 e. The molecule has 0 unspecified atom stereocenters. The van der Waals surface area contributed by atoms with Gasteiger partial charge in [-0.05, 0) is 25.1 Å². The van der Waals surface area contributed by atoms with Gasteiger partial charge in [0.05, 0.1) is 22.1 Å². The summed E-state index contributed by atoms with van der Waals surface area (Å²) in [6, 6.07) is 9.86. The third-order valence-corrected chi connectivity index (χ3v) is 3.22. The Labute approximate surface area is 136 Å². The highest BCUT2D eigenvalue weighted by molar-refractivity contribution is 5.84. The van der Waals surface area contributed by atoms with Crippen molar-refractivity contribution >= 4 is 23.3 Å². The Morgan fingerprint density at radius 2 is 1.88 bits per heavy atom. The first-order valence-electron chi connectivity index (χ1n) is 6.96. The van der Waals surface area contributed by atoms with Crippen molar-refractivity contribution in [3.63, 3.8) is 0 Å². The Hall–Kier alpha value is -3.49. The summed E-state index contributed by atoms with van der Waals surface area (Å²) in [5.74, 6) is 0.0236. The van der Waals surface area contributed by atoms with Crippen LogP contribution < -0.4 is 5.01 Å². The fraction of sp³-hybridized carbons (Fsp3) is 0.133. The molecule has 0 bridgehead atoms. The molecule has 0 radical (unpaired) electrons. The van der Waals surface area contributed by atoms with Crippen molar-refractivity contribution in [3.8, 4) is 5.75 Å². The lowest BCUT2D eigenvalue weighted by Gasteiger charge is -2.16. The van der Waals surface area contributed by atoms with E-state index in [1.807, 2.05) is 0 Å². The summed E-state index contributed by atoms with van der Waals surface area (Å²) in [7, 11) is 0. The predicted molar refractivity (Wildman–Crippen MR) is 88.5 cm³/mol. The van der Waals surface area contributed by atoms with E-state index in [2.05, 4.69) is 5.10 Å². The number of phenolic OH excluding ortho intramolecular Hbond substituents is 1. The van der Waals surface area contributed by atoms with Gasteiger partial charge in [0.15, 0.2) is 0 Å². The number of anilines is 1. The van der Waals surface area contributed by atoms with Crippen molar-refractivity contribution < 1.29 is 15.0 Å². The molecule has 0 saturated heterocycles. The first-order chi connectivity index (χ1) is 11.4. The van der Waals surface area contributed by atoms with Gasteiger partial charge in [-0.15, -0.1) is 0 Å². The molecular formula is C15H14N4O5. The predicted octanol–water partition coefficient (Wildman–Crippen LogP) is 3.07. The van der Waals surface area contributed by atoms with E-state index in [-0.39, 0.29) is 17.1 Å². The van der Waals surface area contributed by atoms with Crippen LogP contribution in [0.5, 0.6) is 5.75 Å². The number of nitro benzene ring substituents is 2. The number of nitrogens with zero attached hydrogens (tertiary/aromatic N) is 4. The highest BCUT2D eigenvalue weighted by Gasteiger charge is 2.22. The van der Waals surface area contributed by atoms with Gasteiger partial charge in [-0.2, -0.15) is 5.10 Å². The SMILES string of the molecule is CCN(N=Cc1ccccc1O)c1ccc([N+](=O)[O-])cc1[N+](=O)[O-]. The second-order valence-electron chi connectivity index (χ2n) is 4.71. The van der Waals surface area contributed by atoms with E-state index >= 15 is 0 Å². The zero-order valence-electron chi connectivity index (χ0n) is 12.7. The lowest BCUT2D eigenvalue weighted by Crippen LogP contribution is -2.17. The number of para-hydroxylation sites is 1. The number of hydrogen-bond acceptors (Lipinski definition) is 7. The molecule has 0 aliphatic carbocycles. The maximum atomic E-state index is 11.2. The number of rotatable bonds is 6. The third-order valence-electron chi connectivity index (χ3n) is 3.22. The standard InChI is InChI=1S/C15H14N4O5/c1-2-17(16-10-11-5-3-4-6-15(11)20)13-8-7-12(18(21)22)9-14(13)19(23)24/h3-10,20H,2H2,1H3. The number of hydrogen-bond donors (Lipinski definition) is 1. The van der Waals surface area contributed by atoms with E-state index in [1.54, 1.807) is 25.1 Å². The van der Waals surface area contributed by atoms with Crippen LogP contribution in [0.4, 0.5) is 17.1 Å². The van der Waals surface area contributed by atoms with Crippen molar-refractivity contribution in [1.29, 1.82) is 0 Å². The Morgan fingerprint density at radius 1 is 1.17 bits per heavy atom. The molecule has 0 heterocycles. The van der Waals surface area contributed by atoms with Crippen molar-refractivity contribution in [2.75, 3.05) is 11.6 Å². The molecular weight excluding hydrogens is 316 g/mol. The molecule has 0 atom stereocenters. The molecule has 0 aliphatic rings. The van der Waals surface area contributed by atoms with Crippen LogP contribution in [0.15, 0.2) is 47.6 Å². The Morgan fingerprint density at radius 3 is 2.46 bits per heavy atom. The minimum absolute atomic E-state index is 0.0236. The Balaban J connectivity index is 2.42. The second-order valence-corrected chi connectivity index (χ2v) is 4.71. The minimum atomic E-state index is -0.696. The number of hydrazone groups is 1. The summed E-state index contributed by atoms with van der Waals surface area (Å²) < 4.78 is 0. The molecule has 0 saturated carbocycles. The quantitative estimate of drug-likeness (QED) is 0.493. The average Bonchev–Trinajstić information content (AvgIpc) is 2.56. The summed E-state index contributed by atoms with van der Waals surface area (Å²) >= 11 is 0. The summed E-state index contributed by atoms with van der Waals surface area (Å²) in [4.78, 5) is 20.6. The Bertz CT molecular complexity index is 806. The van der Waals surface area contributed by atoms with E-state index in [1.165, 1.54) is 29.4 Å². The van der Waals surface area contributed by atoms with Crippen LogP contribution in [0.25, 0.3) is 0 Å². The molecule has 2 rings (SSSR count). The topological polar surface area (TPSA) is 122 Å². The number of benzene rings is 2. The molecule has 0 amide bonds. The average molecular weight is 330 g/mol. The van der Waals surface area contributed by atoms with Gasteiger partial charge >= 0.3 is 5.69 Å². The van der Waals surface area contributed by atoms with Crippen LogP contribution in [0, 0.1) is 20.2 Å². The molecule has 9 nitrogen and oxygen atoms in total. The molecule has 2 aromatic carbocycles. The van der Waals surface area contributed by atoms with Gasteiger partial charge in [-0.3, -0.25) is 25.2 Å². The van der Waals surface area contributed by atoms with Crippen molar-refractivity contribution in [2.24, 2.45) is 5.10 Å². The van der Waals surface area contributed by atoms with Crippen molar-refractivity contribution in [3.05, 3.63) is 68.3 Å². The van der Waals surface area contributed by atoms with Gasteiger partial charge in [0.25, 0.3) is 5.69 Å². The van der Waals surface area contributed by atoms with Crippen LogP contribution in [0.3, 0.4) is 0 Å². The first-order valence-corrected chi connectivity index (χ1v) is 6.96. The van der Waals surface area contributed by atoms with Crippen LogP contribution >= 0.6 is 0 Å². The van der Waals surface area contributed by atoms with Gasteiger partial charge in [0.2, 0.25) is 0 Å². The second kappa shape index (κ2) is 7.18. The van der Waals surface area contributed by atoms with Crippen molar-refractivity contribution in [2.45, 2.75) is 6.92 Å². The van der Waals surface area contributed by atoms with E-state index < -0.39 is 15.5 Å². The van der Waals surface area contributed by atoms with E-state index in [0.29, 0.717) is 12.1 Å². The lowest BCUT2D eigenvalue weighted by molar-refractivity contribution is -0.393. The van der Waals surface area contributed by atoms with E-state index in [9.17, 15) is 25.3 Å². The molecule has 0 aromatic heterocycles. The Kier molecular flexibility index (Phi) is 5.05. The van der Waals surface area contributed by atoms with Crippen LogP contribution in [0.2, 0.25) is 0 Å². The lowest BCUT2D eigenvalue weighted by atomic mass is 10.2. The van der Waals surface area contributed by atoms with Crippen LogP contribution in [-0.2, 0) is 0 Å². The first kappa shape index (κ1) is 16.9. The fourth-order valence-corrected chi connectivity index (χ4v) is 2.03. The molecule has 24 heavy (non-hydrogen) atoms. The van der Waals surface area contributed by atoms with Gasteiger partial charge < -0.3 is 5.11 Å². The number of nitro groups is 2. The molecule has 2 aromatic rings. The number of non-ortho nitro benzene ring substituents is 1. The van der Waals surface area contributed by atoms with Gasteiger partial charge in [0.1, 0.15) is 11.4 Å². The van der Waals surface area contributed by atoms with Crippen LogP contribution in [0.1, 0.15) is 12.5 Å². The van der Waals surface area contributed by atoms with Gasteiger partial charge in [-0.1, -0.05) is 12.1 Å². The zero-order valence-corrected chi connectivity index (χ0v) is 12.7. The molecule has 9 heteroatoms. The molecule has 0 fully saturated rings. The minimum Gasteiger partial charge on any atom is -0.507 e. The molecule has 1 N–H and O–H groups in total. The summed E-state index contributed by atoms with van der Waals surface area (Å²) in [5, 5.41) is 37.2. The third kappa shape index (κ3) is 3.64. The monoisotopic (exact) mass is 330 g/mol. The summed E-state index contributed by atoms with van der Waals surface area (Å²) in [6.07, 6.45) is 1.37. The zero-order chi connectivity index (χ0) is 17.7. The fourth-order valence-electron chi connectivity index (χ4n) is 2.03. The summed E-state index contributed by atoms with van der Waals surface area (Å²) in [6.45, 7) is 2.02. The van der Waals surface area contributed by atoms with Crippen molar-refractivity contribution in [1.82, 2.24) is 0 Å².